The number of halogens is 4. The van der Waals surface area contributed by atoms with Gasteiger partial charge in [-0.2, -0.15) is 13.2 Å². The Hall–Kier alpha value is -2.71. The van der Waals surface area contributed by atoms with Crippen LogP contribution in [0.5, 0.6) is 0 Å². The Morgan fingerprint density at radius 2 is 1.83 bits per heavy atom. The summed E-state index contributed by atoms with van der Waals surface area (Å²) in [6.45, 7) is 0.659. The molecule has 2 aromatic carbocycles. The number of aromatic nitrogens is 3. The first-order valence-corrected chi connectivity index (χ1v) is 9.22. The molecule has 0 radical (unpaired) electrons. The van der Waals surface area contributed by atoms with Gasteiger partial charge in [-0.05, 0) is 38.4 Å². The van der Waals surface area contributed by atoms with Crippen LogP contribution < -0.4 is 0 Å². The van der Waals surface area contributed by atoms with E-state index in [1.54, 1.807) is 28.8 Å². The lowest BCUT2D eigenvalue weighted by Crippen LogP contribution is -2.17. The van der Waals surface area contributed by atoms with E-state index in [1.807, 2.05) is 19.0 Å². The molecule has 5 nitrogen and oxygen atoms in total. The van der Waals surface area contributed by atoms with Gasteiger partial charge in [0.1, 0.15) is 6.54 Å². The van der Waals surface area contributed by atoms with Gasteiger partial charge in [-0.3, -0.25) is 9.56 Å². The Labute approximate surface area is 170 Å². The zero-order valence-electron chi connectivity index (χ0n) is 15.7. The Morgan fingerprint density at radius 1 is 1.07 bits per heavy atom. The van der Waals surface area contributed by atoms with Crippen LogP contribution in [0.2, 0.25) is 5.02 Å². The van der Waals surface area contributed by atoms with E-state index in [1.165, 1.54) is 6.07 Å². The molecule has 150 valence electrons. The highest BCUT2D eigenvalue weighted by molar-refractivity contribution is 6.35. The van der Waals surface area contributed by atoms with Crippen LogP contribution in [0, 0.1) is 0 Å². The smallest absolute Gasteiger partial charge is 0.302 e. The second kappa shape index (κ2) is 7.27. The largest absolute Gasteiger partial charge is 0.416 e. The van der Waals surface area contributed by atoms with Crippen molar-refractivity contribution in [1.29, 1.82) is 0 Å². The predicted molar refractivity (Wildman–Crippen MR) is 105 cm³/mol. The molecular formula is C20H17ClF3N5. The molecule has 0 fully saturated rings. The average Bonchev–Trinajstić information content (AvgIpc) is 2.96. The minimum Gasteiger partial charge on any atom is -0.302 e. The van der Waals surface area contributed by atoms with E-state index in [0.717, 1.165) is 12.1 Å². The molecule has 0 unspecified atom stereocenters. The zero-order chi connectivity index (χ0) is 20.8. The lowest BCUT2D eigenvalue weighted by atomic mass is 9.98. The molecule has 2 heterocycles. The van der Waals surface area contributed by atoms with Gasteiger partial charge in [0.2, 0.25) is 0 Å². The molecule has 1 aliphatic heterocycles. The normalized spacial score (nSPS) is 13.7. The second-order valence-electron chi connectivity index (χ2n) is 6.98. The topological polar surface area (TPSA) is 46.3 Å². The van der Waals surface area contributed by atoms with Crippen molar-refractivity contribution >= 4 is 17.3 Å². The summed E-state index contributed by atoms with van der Waals surface area (Å²) in [6.07, 6.45) is -4.48. The van der Waals surface area contributed by atoms with Crippen LogP contribution in [0.15, 0.2) is 47.5 Å². The number of nitrogens with zero attached hydrogens (tertiary/aromatic N) is 5. The minimum atomic E-state index is -4.48. The molecule has 1 aromatic heterocycles. The van der Waals surface area contributed by atoms with Crippen LogP contribution in [0.3, 0.4) is 0 Å². The number of rotatable bonds is 3. The molecule has 0 spiro atoms. The number of benzene rings is 2. The summed E-state index contributed by atoms with van der Waals surface area (Å²) < 4.78 is 42.1. The number of hydrogen-bond donors (Lipinski definition) is 0. The Morgan fingerprint density at radius 3 is 2.52 bits per heavy atom. The van der Waals surface area contributed by atoms with Gasteiger partial charge < -0.3 is 4.90 Å². The van der Waals surface area contributed by atoms with Gasteiger partial charge in [0.05, 0.1) is 23.5 Å². The van der Waals surface area contributed by atoms with E-state index in [9.17, 15) is 13.2 Å². The van der Waals surface area contributed by atoms with E-state index in [-0.39, 0.29) is 6.54 Å². The van der Waals surface area contributed by atoms with E-state index in [4.69, 9.17) is 11.6 Å². The van der Waals surface area contributed by atoms with Gasteiger partial charge in [-0.25, -0.2) is 0 Å². The molecule has 3 aromatic rings. The minimum absolute atomic E-state index is 0.178. The maximum Gasteiger partial charge on any atom is 0.416 e. The second-order valence-corrected chi connectivity index (χ2v) is 7.39. The first-order valence-electron chi connectivity index (χ1n) is 8.85. The molecule has 0 N–H and O–H groups in total. The molecule has 29 heavy (non-hydrogen) atoms. The summed E-state index contributed by atoms with van der Waals surface area (Å²) in [4.78, 5) is 6.50. The highest BCUT2D eigenvalue weighted by Gasteiger charge is 2.33. The molecule has 1 aliphatic rings. The summed E-state index contributed by atoms with van der Waals surface area (Å²) in [5.41, 5.74) is 1.11. The number of aliphatic imine (C=N–C) groups is 1. The van der Waals surface area contributed by atoms with Gasteiger partial charge in [-0.1, -0.05) is 29.8 Å². The highest BCUT2D eigenvalue weighted by atomic mass is 35.5. The lowest BCUT2D eigenvalue weighted by Gasteiger charge is -2.17. The van der Waals surface area contributed by atoms with Gasteiger partial charge in [0.15, 0.2) is 11.6 Å². The average molecular weight is 420 g/mol. The molecule has 4 rings (SSSR count). The molecule has 0 saturated heterocycles. The fraction of sp³-hybridized carbons (Fsp3) is 0.250. The number of alkyl halides is 3. The third-order valence-corrected chi connectivity index (χ3v) is 4.91. The van der Waals surface area contributed by atoms with Crippen molar-refractivity contribution in [2.45, 2.75) is 19.3 Å². The Bertz CT molecular complexity index is 1100. The van der Waals surface area contributed by atoms with Gasteiger partial charge in [-0.15, -0.1) is 10.2 Å². The Balaban J connectivity index is 1.98. The van der Waals surface area contributed by atoms with Gasteiger partial charge in [0.25, 0.3) is 0 Å². The first-order chi connectivity index (χ1) is 13.8. The highest BCUT2D eigenvalue weighted by Crippen LogP contribution is 2.35. The van der Waals surface area contributed by atoms with Crippen LogP contribution >= 0.6 is 11.6 Å². The van der Waals surface area contributed by atoms with Crippen LogP contribution in [0.4, 0.5) is 13.2 Å². The van der Waals surface area contributed by atoms with Gasteiger partial charge >= 0.3 is 6.18 Å². The van der Waals surface area contributed by atoms with Gasteiger partial charge in [0, 0.05) is 16.1 Å². The standard InChI is InChI=1S/C20H17ClF3N5/c1-28(2)11-18-27-26-17-10-25-19(13-5-3-4-6-15(13)21)14-9-12(20(22,23)24)7-8-16(14)29(17)18/h3-9H,10-11H2,1-2H3. The summed E-state index contributed by atoms with van der Waals surface area (Å²) in [7, 11) is 3.77. The van der Waals surface area contributed by atoms with E-state index < -0.39 is 11.7 Å². The first kappa shape index (κ1) is 19.6. The van der Waals surface area contributed by atoms with E-state index >= 15 is 0 Å². The van der Waals surface area contributed by atoms with Crippen molar-refractivity contribution in [2.24, 2.45) is 4.99 Å². The van der Waals surface area contributed by atoms with Crippen molar-refractivity contribution in [2.75, 3.05) is 14.1 Å². The summed E-state index contributed by atoms with van der Waals surface area (Å²) in [5.74, 6) is 1.19. The summed E-state index contributed by atoms with van der Waals surface area (Å²) in [5, 5.41) is 8.85. The van der Waals surface area contributed by atoms with Crippen molar-refractivity contribution < 1.29 is 13.2 Å². The van der Waals surface area contributed by atoms with E-state index in [2.05, 4.69) is 15.2 Å². The lowest BCUT2D eigenvalue weighted by molar-refractivity contribution is -0.137. The molecule has 9 heteroatoms. The third-order valence-electron chi connectivity index (χ3n) is 4.58. The molecule has 0 aliphatic carbocycles. The molecular weight excluding hydrogens is 403 g/mol. The van der Waals surface area contributed by atoms with E-state index in [0.29, 0.717) is 45.7 Å². The van der Waals surface area contributed by atoms with Crippen LogP contribution in [-0.2, 0) is 19.3 Å². The molecule has 0 saturated carbocycles. The van der Waals surface area contributed by atoms with Crippen LogP contribution in [-0.4, -0.2) is 39.5 Å². The number of fused-ring (bicyclic) bond motifs is 3. The molecule has 0 amide bonds. The van der Waals surface area contributed by atoms with Crippen LogP contribution in [0.25, 0.3) is 5.69 Å². The third kappa shape index (κ3) is 3.65. The fourth-order valence-electron chi connectivity index (χ4n) is 3.33. The van der Waals surface area contributed by atoms with Crippen molar-refractivity contribution in [1.82, 2.24) is 19.7 Å². The maximum absolute atomic E-state index is 13.5. The van der Waals surface area contributed by atoms with Crippen LogP contribution in [0.1, 0.15) is 28.3 Å². The monoisotopic (exact) mass is 419 g/mol. The maximum atomic E-state index is 13.5. The SMILES string of the molecule is CN(C)Cc1nnc2n1-c1ccc(C(F)(F)F)cc1C(c1ccccc1Cl)=NC2. The predicted octanol–water partition coefficient (Wildman–Crippen LogP) is 4.35. The summed E-state index contributed by atoms with van der Waals surface area (Å²) >= 11 is 6.35. The number of hydrogen-bond acceptors (Lipinski definition) is 4. The Kier molecular flexibility index (Phi) is 4.92. The fourth-order valence-corrected chi connectivity index (χ4v) is 3.56. The quantitative estimate of drug-likeness (QED) is 0.634. The zero-order valence-corrected chi connectivity index (χ0v) is 16.5. The molecule has 0 atom stereocenters. The molecule has 0 bridgehead atoms. The summed E-state index contributed by atoms with van der Waals surface area (Å²) in [6, 6.07) is 10.6. The van der Waals surface area contributed by atoms with Crippen molar-refractivity contribution in [3.63, 3.8) is 0 Å². The van der Waals surface area contributed by atoms with Crippen molar-refractivity contribution in [3.8, 4) is 5.69 Å². The van der Waals surface area contributed by atoms with Crippen molar-refractivity contribution in [3.05, 3.63) is 75.8 Å².